The Hall–Kier alpha value is -10.5. The molecule has 4 nitrogen and oxygen atoms in total. The number of nitrogens with zero attached hydrogens (tertiary/aromatic N) is 3. The number of para-hydroxylation sites is 4. The summed E-state index contributed by atoms with van der Waals surface area (Å²) in [6, 6.07) is 58.7. The molecule has 438 valence electrons. The molecule has 0 aliphatic carbocycles. The van der Waals surface area contributed by atoms with E-state index >= 15 is 0 Å². The normalized spacial score (nSPS) is 15.2. The van der Waals surface area contributed by atoms with Gasteiger partial charge in [0, 0.05) is 81.5 Å². The van der Waals surface area contributed by atoms with Crippen molar-refractivity contribution in [2.24, 2.45) is 0 Å². The maximum atomic E-state index is 10.2. The number of benzene rings is 13. The van der Waals surface area contributed by atoms with E-state index in [0.29, 0.717) is 33.8 Å². The Kier molecular flexibility index (Phi) is 9.29. The van der Waals surface area contributed by atoms with E-state index in [4.69, 9.17) is 8.53 Å². The highest BCUT2D eigenvalue weighted by atomic mass is 32.2. The first-order chi connectivity index (χ1) is 50.7. The highest BCUT2D eigenvalue weighted by molar-refractivity contribution is 8.00. The molecule has 0 spiro atoms. The molecule has 0 bridgehead atoms. The summed E-state index contributed by atoms with van der Waals surface area (Å²) in [5, 5.41) is 2.23. The van der Waals surface area contributed by atoms with Crippen LogP contribution in [-0.4, -0.2) is 15.8 Å². The largest absolute Gasteiger partial charge is 0.455 e. The molecule has 2 aliphatic rings. The summed E-state index contributed by atoms with van der Waals surface area (Å²) in [4.78, 5) is 4.05. The van der Waals surface area contributed by atoms with E-state index in [9.17, 15) is 15.1 Å². The highest BCUT2D eigenvalue weighted by Gasteiger charge is 2.44. The molecule has 16 aromatic rings. The molecule has 18 rings (SSSR count). The van der Waals surface area contributed by atoms with Crippen molar-refractivity contribution in [3.8, 4) is 55.9 Å². The lowest BCUT2D eigenvalue weighted by Crippen LogP contribution is -2.60. The molecular formula is C86H64BN3OS. The van der Waals surface area contributed by atoms with E-state index in [0.717, 1.165) is 87.3 Å². The van der Waals surface area contributed by atoms with Crippen LogP contribution in [0.2, 0.25) is 0 Å². The minimum Gasteiger partial charge on any atom is -0.455 e. The molecule has 6 heteroatoms. The summed E-state index contributed by atoms with van der Waals surface area (Å²) >= 11 is 1.56. The number of fused-ring (bicyclic) bond motifs is 13. The minimum absolute atomic E-state index is 0.0356. The fraction of sp³-hybridized carbons (Fsp3) is 0.0930. The standard InChI is InChI=1S/C86H64BN3OS/c1-85(2,3)58-47-67(55-27-14-9-15-28-55)83(70(48-58)66-33-22-32-65-64-31-18-21-36-79(64)91-84(65)66)90-77-51-60(88-73-34-19-16-29-62(73)68-45-56(37-43-75(68)88)53-23-10-7-11-24-53)39-41-71(77)87-72-42-40-61(52-80(72)92-81-50-59(86(4,5)6)49-78(90)82(81)87)89-74-35-20-17-30-63(74)69-46-57(38-44-76(69)89)54-25-12-8-13-26-54/h7-52H,1-6H3/i16D,17D,19D,20D,29D,30D,34D,35D,37D,38D,43D,44D,45D,46D. The van der Waals surface area contributed by atoms with E-state index < -0.39 is 41.7 Å². The van der Waals surface area contributed by atoms with Gasteiger partial charge in [0.1, 0.15) is 11.2 Å². The Morgan fingerprint density at radius 3 is 1.55 bits per heavy atom. The lowest BCUT2D eigenvalue weighted by atomic mass is 9.34. The van der Waals surface area contributed by atoms with Crippen molar-refractivity contribution >= 4 is 117 Å². The number of aromatic nitrogens is 2. The van der Waals surface area contributed by atoms with Gasteiger partial charge in [0.25, 0.3) is 0 Å². The van der Waals surface area contributed by atoms with Crippen molar-refractivity contribution < 1.29 is 23.6 Å². The molecule has 92 heavy (non-hydrogen) atoms. The zero-order valence-corrected chi connectivity index (χ0v) is 52.0. The Bertz CT molecular complexity index is 6580. The molecule has 5 heterocycles. The van der Waals surface area contributed by atoms with Crippen LogP contribution in [0.4, 0.5) is 17.1 Å². The van der Waals surface area contributed by atoms with E-state index in [-0.39, 0.29) is 115 Å². The van der Waals surface area contributed by atoms with Gasteiger partial charge in [-0.25, -0.2) is 0 Å². The van der Waals surface area contributed by atoms with Crippen molar-refractivity contribution in [1.29, 1.82) is 0 Å². The molecule has 3 aromatic heterocycles. The van der Waals surface area contributed by atoms with Crippen LogP contribution >= 0.6 is 11.8 Å². The van der Waals surface area contributed by atoms with Gasteiger partial charge in [0.2, 0.25) is 6.71 Å². The lowest BCUT2D eigenvalue weighted by Gasteiger charge is -2.43. The first kappa shape index (κ1) is 41.7. The van der Waals surface area contributed by atoms with E-state index in [2.05, 4.69) is 107 Å². The molecule has 0 unspecified atom stereocenters. The molecule has 0 saturated carbocycles. The molecule has 2 aliphatic heterocycles. The number of rotatable bonds is 7. The van der Waals surface area contributed by atoms with Gasteiger partial charge in [0.05, 0.1) is 46.9 Å². The Morgan fingerprint density at radius 1 is 0.391 bits per heavy atom. The Balaban J connectivity index is 0.985. The van der Waals surface area contributed by atoms with Crippen LogP contribution in [0.15, 0.2) is 293 Å². The van der Waals surface area contributed by atoms with Gasteiger partial charge in [0.15, 0.2) is 0 Å². The first-order valence-corrected chi connectivity index (χ1v) is 31.9. The van der Waals surface area contributed by atoms with Crippen LogP contribution in [0.25, 0.3) is 121 Å². The third kappa shape index (κ3) is 8.46. The summed E-state index contributed by atoms with van der Waals surface area (Å²) in [7, 11) is 0. The van der Waals surface area contributed by atoms with Gasteiger partial charge >= 0.3 is 0 Å². The van der Waals surface area contributed by atoms with Crippen molar-refractivity contribution in [2.45, 2.75) is 62.2 Å². The summed E-state index contributed by atoms with van der Waals surface area (Å²) in [6.07, 6.45) is 0. The summed E-state index contributed by atoms with van der Waals surface area (Å²) in [6.45, 7) is 12.6. The zero-order valence-electron chi connectivity index (χ0n) is 65.2. The van der Waals surface area contributed by atoms with Crippen LogP contribution < -0.4 is 21.3 Å². The lowest BCUT2D eigenvalue weighted by molar-refractivity contribution is 0.589. The average Bonchev–Trinajstić information content (AvgIpc) is 1.39. The monoisotopic (exact) mass is 1210 g/mol. The first-order valence-electron chi connectivity index (χ1n) is 38.0. The zero-order chi connectivity index (χ0) is 73.9. The molecule has 0 radical (unpaired) electrons. The summed E-state index contributed by atoms with van der Waals surface area (Å²) < 4.78 is 145. The number of hydrogen-bond donors (Lipinski definition) is 0. The second-order valence-electron chi connectivity index (χ2n) is 26.1. The molecule has 0 amide bonds. The van der Waals surface area contributed by atoms with Crippen LogP contribution in [-0.2, 0) is 10.8 Å². The van der Waals surface area contributed by atoms with Crippen LogP contribution in [0.3, 0.4) is 0 Å². The van der Waals surface area contributed by atoms with Crippen molar-refractivity contribution in [1.82, 2.24) is 9.13 Å². The van der Waals surface area contributed by atoms with Crippen molar-refractivity contribution in [3.63, 3.8) is 0 Å². The number of furan rings is 1. The molecule has 0 atom stereocenters. The minimum atomic E-state index is -0.577. The summed E-state index contributed by atoms with van der Waals surface area (Å²) in [5.74, 6) is 0. The van der Waals surface area contributed by atoms with Gasteiger partial charge in [-0.3, -0.25) is 0 Å². The second kappa shape index (κ2) is 20.5. The van der Waals surface area contributed by atoms with Crippen molar-refractivity contribution in [3.05, 3.63) is 290 Å². The average molecular weight is 1210 g/mol. The quantitative estimate of drug-likeness (QED) is 0.149. The smallest absolute Gasteiger partial charge is 0.249 e. The van der Waals surface area contributed by atoms with Crippen LogP contribution in [0.1, 0.15) is 71.9 Å². The number of anilines is 3. The predicted molar refractivity (Wildman–Crippen MR) is 391 cm³/mol. The van der Waals surface area contributed by atoms with Gasteiger partial charge in [-0.1, -0.05) is 247 Å². The SMILES string of the molecule is [2H]c1c([2H])c([2H])c2c(c1[2H])c1c([2H])c(-c3ccccc3)c([2H])c([2H])c1n2-c1ccc2c(c1)Sc1cc(C(C)(C)C)cc3c1B2c1ccc(-n2c4c([2H])c([2H])c([2H])c([2H])c4c4c([2H])c(-c5ccccc5)c([2H])c([2H])c42)cc1N3c1c(-c2ccccc2)cc(C(C)(C)C)cc1-c1cccc2c1oc1ccccc12. The maximum absolute atomic E-state index is 10.2. The van der Waals surface area contributed by atoms with E-state index in [1.807, 2.05) is 84.9 Å². The fourth-order valence-electron chi connectivity index (χ4n) is 14.0. The molecule has 13 aromatic carbocycles. The van der Waals surface area contributed by atoms with Gasteiger partial charge in [-0.05, 0) is 152 Å². The number of hydrogen-bond acceptors (Lipinski definition) is 3. The van der Waals surface area contributed by atoms with E-state index in [1.165, 1.54) is 0 Å². The van der Waals surface area contributed by atoms with E-state index in [1.54, 1.807) is 69.4 Å². The maximum Gasteiger partial charge on any atom is 0.249 e. The third-order valence-electron chi connectivity index (χ3n) is 18.5. The Morgan fingerprint density at radius 2 is 0.924 bits per heavy atom. The predicted octanol–water partition coefficient (Wildman–Crippen LogP) is 21.8. The molecule has 0 N–H and O–H groups in total. The van der Waals surface area contributed by atoms with Gasteiger partial charge in [-0.2, -0.15) is 0 Å². The third-order valence-corrected chi connectivity index (χ3v) is 19.7. The topological polar surface area (TPSA) is 26.2 Å². The molecule has 0 saturated heterocycles. The van der Waals surface area contributed by atoms with Gasteiger partial charge < -0.3 is 18.5 Å². The summed E-state index contributed by atoms with van der Waals surface area (Å²) in [5.41, 5.74) is 13.4. The molecule has 0 fully saturated rings. The van der Waals surface area contributed by atoms with Crippen molar-refractivity contribution in [2.75, 3.05) is 4.90 Å². The fourth-order valence-corrected chi connectivity index (χ4v) is 15.3. The Labute approximate surface area is 560 Å². The van der Waals surface area contributed by atoms with Crippen LogP contribution in [0, 0.1) is 0 Å². The van der Waals surface area contributed by atoms with Crippen LogP contribution in [0.5, 0.6) is 0 Å². The van der Waals surface area contributed by atoms with Gasteiger partial charge in [-0.15, -0.1) is 0 Å². The second-order valence-corrected chi connectivity index (χ2v) is 27.2. The highest BCUT2D eigenvalue weighted by Crippen LogP contribution is 2.54. The molecular weight excluding hydrogens is 1130 g/mol.